The van der Waals surface area contributed by atoms with E-state index in [9.17, 15) is 0 Å². The van der Waals surface area contributed by atoms with E-state index < -0.39 is 0 Å². The van der Waals surface area contributed by atoms with E-state index in [4.69, 9.17) is 7.16 Å². The molecule has 2 heteroatoms. The van der Waals surface area contributed by atoms with Gasteiger partial charge in [-0.25, -0.2) is 0 Å². The first kappa shape index (κ1) is 25.3. The first-order valence-corrected chi connectivity index (χ1v) is 16.1. The van der Waals surface area contributed by atoms with Crippen LogP contribution >= 0.6 is 0 Å². The number of hydrogen-bond acceptors (Lipinski definition) is 2. The van der Waals surface area contributed by atoms with Crippen molar-refractivity contribution in [2.24, 2.45) is 0 Å². The second-order valence-corrected chi connectivity index (χ2v) is 12.9. The van der Waals surface area contributed by atoms with E-state index in [0.717, 1.165) is 39.0 Å². The van der Waals surface area contributed by atoms with Gasteiger partial charge in [-0.3, -0.25) is 0 Å². The molecule has 0 aliphatic heterocycles. The predicted molar refractivity (Wildman–Crippen MR) is 199 cm³/mol. The van der Waals surface area contributed by atoms with Crippen molar-refractivity contribution in [1.82, 2.24) is 0 Å². The van der Waals surface area contributed by atoms with E-state index in [1.165, 1.54) is 33.0 Å². The Kier molecular flexibility index (Phi) is 5.72. The van der Waals surface area contributed by atoms with Gasteiger partial charge in [-0.05, 0) is 98.8 Å². The SMILES string of the molecule is [2H]/C(=C(/[2H])c1ccc2c(c1)oc1ccccc12)c1ccc(N(c2ccc3c(c2)C(C)(C)c2ccccc2-3)c2ccc3ccccc3c2)cc1. The van der Waals surface area contributed by atoms with E-state index in [-0.39, 0.29) is 17.5 Å². The number of hydrogen-bond donors (Lipinski definition) is 0. The van der Waals surface area contributed by atoms with Crippen LogP contribution in [0.4, 0.5) is 17.1 Å². The number of nitrogens with zero attached hydrogens (tertiary/aromatic N) is 1. The van der Waals surface area contributed by atoms with E-state index in [1.807, 2.05) is 54.6 Å². The van der Waals surface area contributed by atoms with Gasteiger partial charge in [0, 0.05) is 33.2 Å². The quantitative estimate of drug-likeness (QED) is 0.181. The first-order chi connectivity index (χ1) is 23.9. The van der Waals surface area contributed by atoms with Gasteiger partial charge in [0.2, 0.25) is 0 Å². The molecule has 0 saturated heterocycles. The number of para-hydroxylation sites is 1. The van der Waals surface area contributed by atoms with Crippen LogP contribution in [0.2, 0.25) is 0 Å². The Balaban J connectivity index is 1.13. The fourth-order valence-electron chi connectivity index (χ4n) is 7.24. The van der Waals surface area contributed by atoms with Crippen LogP contribution in [0.5, 0.6) is 0 Å². The van der Waals surface area contributed by atoms with E-state index in [0.29, 0.717) is 11.1 Å². The maximum absolute atomic E-state index is 9.01. The predicted octanol–water partition coefficient (Wildman–Crippen LogP) is 12.7. The van der Waals surface area contributed by atoms with Gasteiger partial charge < -0.3 is 9.32 Å². The van der Waals surface area contributed by atoms with Gasteiger partial charge >= 0.3 is 0 Å². The van der Waals surface area contributed by atoms with Crippen molar-refractivity contribution in [3.05, 3.63) is 174 Å². The molecule has 0 N–H and O–H groups in total. The summed E-state index contributed by atoms with van der Waals surface area (Å²) >= 11 is 0. The maximum atomic E-state index is 9.01. The molecule has 1 aromatic heterocycles. The summed E-state index contributed by atoms with van der Waals surface area (Å²) in [6.07, 6.45) is 0. The second kappa shape index (κ2) is 10.6. The number of fused-ring (bicyclic) bond motifs is 7. The molecule has 0 unspecified atom stereocenters. The zero-order chi connectivity index (χ0) is 33.3. The molecule has 0 spiro atoms. The van der Waals surface area contributed by atoms with Crippen LogP contribution in [-0.2, 0) is 5.41 Å². The molecule has 1 aliphatic rings. The molecular formula is C45H33NO. The summed E-state index contributed by atoms with van der Waals surface area (Å²) in [6, 6.07) is 52.6. The highest BCUT2D eigenvalue weighted by Gasteiger charge is 2.35. The molecule has 9 rings (SSSR count). The first-order valence-electron chi connectivity index (χ1n) is 17.1. The highest BCUT2D eigenvalue weighted by molar-refractivity contribution is 6.05. The van der Waals surface area contributed by atoms with Crippen molar-refractivity contribution in [2.75, 3.05) is 4.90 Å². The van der Waals surface area contributed by atoms with Crippen LogP contribution in [0.1, 0.15) is 38.8 Å². The van der Waals surface area contributed by atoms with Gasteiger partial charge in [0.15, 0.2) is 0 Å². The molecule has 0 amide bonds. The molecular weight excluding hydrogens is 571 g/mol. The van der Waals surface area contributed by atoms with Gasteiger partial charge in [-0.2, -0.15) is 0 Å². The Hall–Kier alpha value is -5.86. The number of benzene rings is 7. The monoisotopic (exact) mass is 605 g/mol. The van der Waals surface area contributed by atoms with Crippen LogP contribution in [0, 0.1) is 0 Å². The summed E-state index contributed by atoms with van der Waals surface area (Å²) in [6.45, 7) is 4.62. The molecule has 1 aliphatic carbocycles. The summed E-state index contributed by atoms with van der Waals surface area (Å²) in [5.74, 6) is 0. The zero-order valence-corrected chi connectivity index (χ0v) is 26.3. The van der Waals surface area contributed by atoms with Gasteiger partial charge in [0.05, 0.1) is 2.74 Å². The van der Waals surface area contributed by atoms with Crippen molar-refractivity contribution >= 4 is 61.9 Å². The zero-order valence-electron chi connectivity index (χ0n) is 28.3. The van der Waals surface area contributed by atoms with E-state index >= 15 is 0 Å². The standard InChI is InChI=1S/C45H33NO/c1-45(2)41-13-7-5-11-37(41)38-26-24-36(29-42(38)45)46(35-23-20-32-9-3-4-10-33(32)28-35)34-21-17-30(18-22-34)15-16-31-19-25-40-39-12-6-8-14-43(39)47-44(40)27-31/h3-29H,1-2H3/b16-15+/i15D,16D. The lowest BCUT2D eigenvalue weighted by Gasteiger charge is -2.28. The molecule has 0 bridgehead atoms. The Morgan fingerprint density at radius 2 is 1.15 bits per heavy atom. The molecule has 0 saturated carbocycles. The number of rotatable bonds is 5. The minimum absolute atomic E-state index is 0.123. The highest BCUT2D eigenvalue weighted by Crippen LogP contribution is 2.50. The fraction of sp³-hybridized carbons (Fsp3) is 0.0667. The molecule has 1 heterocycles. The minimum atomic E-state index is -0.123. The van der Waals surface area contributed by atoms with Crippen molar-refractivity contribution in [2.45, 2.75) is 19.3 Å². The third-order valence-electron chi connectivity index (χ3n) is 9.67. The van der Waals surface area contributed by atoms with Crippen LogP contribution in [0.25, 0.3) is 55.9 Å². The van der Waals surface area contributed by atoms with Crippen molar-refractivity contribution in [3.8, 4) is 11.1 Å². The average Bonchev–Trinajstić information content (AvgIpc) is 3.63. The molecule has 224 valence electrons. The lowest BCUT2D eigenvalue weighted by atomic mass is 9.82. The highest BCUT2D eigenvalue weighted by atomic mass is 16.3. The Labute approximate surface area is 277 Å². The number of furan rings is 1. The van der Waals surface area contributed by atoms with Crippen LogP contribution in [-0.4, -0.2) is 0 Å². The van der Waals surface area contributed by atoms with Crippen LogP contribution < -0.4 is 4.90 Å². The molecule has 0 fully saturated rings. The Morgan fingerprint density at radius 3 is 2.04 bits per heavy atom. The lowest BCUT2D eigenvalue weighted by molar-refractivity contribution is 0.660. The summed E-state index contributed by atoms with van der Waals surface area (Å²) < 4.78 is 24.0. The van der Waals surface area contributed by atoms with Crippen molar-refractivity contribution < 1.29 is 7.16 Å². The van der Waals surface area contributed by atoms with Crippen LogP contribution in [0.3, 0.4) is 0 Å². The summed E-state index contributed by atoms with van der Waals surface area (Å²) in [7, 11) is 0. The van der Waals surface area contributed by atoms with Gasteiger partial charge in [-0.15, -0.1) is 0 Å². The van der Waals surface area contributed by atoms with Gasteiger partial charge in [0.1, 0.15) is 11.2 Å². The smallest absolute Gasteiger partial charge is 0.136 e. The second-order valence-electron chi connectivity index (χ2n) is 12.9. The Morgan fingerprint density at radius 1 is 0.511 bits per heavy atom. The Bertz CT molecular complexity index is 2610. The summed E-state index contributed by atoms with van der Waals surface area (Å²) in [4.78, 5) is 2.29. The van der Waals surface area contributed by atoms with E-state index in [2.05, 4.69) is 116 Å². The molecule has 8 aromatic rings. The average molecular weight is 606 g/mol. The van der Waals surface area contributed by atoms with Crippen LogP contribution in [0.15, 0.2) is 156 Å². The maximum Gasteiger partial charge on any atom is 0.136 e. The van der Waals surface area contributed by atoms with Gasteiger partial charge in [0.25, 0.3) is 0 Å². The van der Waals surface area contributed by atoms with Crippen molar-refractivity contribution in [3.63, 3.8) is 0 Å². The topological polar surface area (TPSA) is 16.4 Å². The number of anilines is 3. The fourth-order valence-corrected chi connectivity index (χ4v) is 7.24. The lowest BCUT2D eigenvalue weighted by Crippen LogP contribution is -2.16. The summed E-state index contributed by atoms with van der Waals surface area (Å²) in [5.41, 5.74) is 11.1. The molecule has 0 radical (unpaired) electrons. The molecule has 7 aromatic carbocycles. The third-order valence-corrected chi connectivity index (χ3v) is 9.67. The normalized spacial score (nSPS) is 14.4. The molecule has 47 heavy (non-hydrogen) atoms. The molecule has 2 nitrogen and oxygen atoms in total. The van der Waals surface area contributed by atoms with E-state index in [1.54, 1.807) is 0 Å². The third kappa shape index (κ3) is 4.56. The molecule has 0 atom stereocenters. The largest absolute Gasteiger partial charge is 0.456 e. The summed E-state index contributed by atoms with van der Waals surface area (Å²) in [5, 5.41) is 4.43. The van der Waals surface area contributed by atoms with Gasteiger partial charge in [-0.1, -0.05) is 123 Å². The minimum Gasteiger partial charge on any atom is -0.456 e. The van der Waals surface area contributed by atoms with Crippen molar-refractivity contribution in [1.29, 1.82) is 0 Å².